The summed E-state index contributed by atoms with van der Waals surface area (Å²) in [5.74, 6) is -0.0585. The van der Waals surface area contributed by atoms with E-state index in [1.807, 2.05) is 24.3 Å². The number of benzene rings is 1. The highest BCUT2D eigenvalue weighted by Crippen LogP contribution is 2.13. The maximum atomic E-state index is 11.8. The molecule has 0 radical (unpaired) electrons. The van der Waals surface area contributed by atoms with E-state index in [1.165, 1.54) is 11.8 Å². The van der Waals surface area contributed by atoms with Crippen molar-refractivity contribution in [3.05, 3.63) is 41.9 Å². The lowest BCUT2D eigenvalue weighted by Crippen LogP contribution is -2.21. The topological polar surface area (TPSA) is 47.6 Å². The van der Waals surface area contributed by atoms with Crippen LogP contribution in [0.25, 0.3) is 0 Å². The lowest BCUT2D eigenvalue weighted by molar-refractivity contribution is -0.117. The van der Waals surface area contributed by atoms with Gasteiger partial charge in [0.05, 0.1) is 0 Å². The number of carbonyl (C=O) groups is 1. The molecule has 0 atom stereocenters. The normalized spacial score (nSPS) is 14.2. The van der Waals surface area contributed by atoms with Gasteiger partial charge in [-0.3, -0.25) is 4.79 Å². The van der Waals surface area contributed by atoms with Crippen LogP contribution in [0.3, 0.4) is 0 Å². The van der Waals surface area contributed by atoms with E-state index in [0.29, 0.717) is 13.2 Å². The monoisotopic (exact) mass is 247 g/mol. The van der Waals surface area contributed by atoms with Gasteiger partial charge in [0.1, 0.15) is 19.5 Å². The van der Waals surface area contributed by atoms with Crippen molar-refractivity contribution in [1.29, 1.82) is 0 Å². The van der Waals surface area contributed by atoms with Crippen LogP contribution in [0.4, 0.5) is 5.69 Å². The molecule has 0 spiro atoms. The number of nitrogens with one attached hydrogen (secondary N) is 1. The average molecular weight is 247 g/mol. The van der Waals surface area contributed by atoms with Gasteiger partial charge in [-0.1, -0.05) is 25.5 Å². The molecule has 1 aromatic rings. The first kappa shape index (κ1) is 12.5. The highest BCUT2D eigenvalue weighted by Gasteiger charge is 2.14. The van der Waals surface area contributed by atoms with E-state index in [-0.39, 0.29) is 11.7 Å². The fourth-order valence-electron chi connectivity index (χ4n) is 1.72. The minimum absolute atomic E-state index is 0.221. The number of carbonyl (C=O) groups excluding carboxylic acids is 1. The molecule has 0 unspecified atom stereocenters. The van der Waals surface area contributed by atoms with Gasteiger partial charge in [0.25, 0.3) is 5.91 Å². The first-order valence-electron chi connectivity index (χ1n) is 6.14. The molecule has 18 heavy (non-hydrogen) atoms. The van der Waals surface area contributed by atoms with Gasteiger partial charge in [-0.2, -0.15) is 0 Å². The van der Waals surface area contributed by atoms with E-state index in [1.54, 1.807) is 0 Å². The van der Waals surface area contributed by atoms with Crippen molar-refractivity contribution in [2.75, 3.05) is 18.5 Å². The van der Waals surface area contributed by atoms with E-state index in [4.69, 9.17) is 9.47 Å². The van der Waals surface area contributed by atoms with Crippen molar-refractivity contribution in [2.45, 2.75) is 19.8 Å². The molecule has 0 aliphatic carbocycles. The van der Waals surface area contributed by atoms with E-state index >= 15 is 0 Å². The summed E-state index contributed by atoms with van der Waals surface area (Å²) < 4.78 is 10.2. The number of hydrogen-bond donors (Lipinski definition) is 1. The molecule has 96 valence electrons. The van der Waals surface area contributed by atoms with Crippen molar-refractivity contribution in [1.82, 2.24) is 0 Å². The fraction of sp³-hybridized carbons (Fsp3) is 0.357. The second-order valence-electron chi connectivity index (χ2n) is 4.10. The molecule has 0 fully saturated rings. The molecule has 1 N–H and O–H groups in total. The van der Waals surface area contributed by atoms with Crippen LogP contribution in [0.5, 0.6) is 0 Å². The Morgan fingerprint density at radius 1 is 1.28 bits per heavy atom. The second-order valence-corrected chi connectivity index (χ2v) is 4.10. The smallest absolute Gasteiger partial charge is 0.294 e. The zero-order valence-corrected chi connectivity index (χ0v) is 10.4. The third-order valence-electron chi connectivity index (χ3n) is 2.62. The van der Waals surface area contributed by atoms with Crippen molar-refractivity contribution in [3.63, 3.8) is 0 Å². The third-order valence-corrected chi connectivity index (χ3v) is 2.62. The molecule has 1 heterocycles. The summed E-state index contributed by atoms with van der Waals surface area (Å²) >= 11 is 0. The molecule has 0 bridgehead atoms. The highest BCUT2D eigenvalue weighted by molar-refractivity contribution is 6.02. The van der Waals surface area contributed by atoms with Crippen molar-refractivity contribution < 1.29 is 14.3 Å². The Balaban J connectivity index is 1.96. The summed E-state index contributed by atoms with van der Waals surface area (Å²) in [5, 5.41) is 2.77. The summed E-state index contributed by atoms with van der Waals surface area (Å²) in [4.78, 5) is 11.8. The molecule has 0 saturated carbocycles. The van der Waals surface area contributed by atoms with Gasteiger partial charge in [-0.05, 0) is 24.1 Å². The number of anilines is 1. The van der Waals surface area contributed by atoms with Gasteiger partial charge in [0.15, 0.2) is 0 Å². The molecule has 0 aromatic heterocycles. The van der Waals surface area contributed by atoms with Gasteiger partial charge in [-0.25, -0.2) is 0 Å². The van der Waals surface area contributed by atoms with Gasteiger partial charge in [0, 0.05) is 5.69 Å². The largest absolute Gasteiger partial charge is 0.494 e. The molecule has 4 nitrogen and oxygen atoms in total. The number of aryl methyl sites for hydroxylation is 1. The zero-order chi connectivity index (χ0) is 12.8. The first-order valence-corrected chi connectivity index (χ1v) is 6.14. The van der Waals surface area contributed by atoms with Crippen LogP contribution >= 0.6 is 0 Å². The Hall–Kier alpha value is -1.97. The van der Waals surface area contributed by atoms with E-state index in [0.717, 1.165) is 18.5 Å². The third kappa shape index (κ3) is 3.26. The van der Waals surface area contributed by atoms with E-state index in [9.17, 15) is 4.79 Å². The van der Waals surface area contributed by atoms with Crippen LogP contribution in [-0.4, -0.2) is 19.1 Å². The molecule has 2 rings (SSSR count). The Morgan fingerprint density at radius 2 is 2.06 bits per heavy atom. The molecular formula is C14H17NO3. The summed E-state index contributed by atoms with van der Waals surface area (Å²) in [6.45, 7) is 3.04. The molecule has 4 heteroatoms. The second kappa shape index (κ2) is 6.10. The van der Waals surface area contributed by atoms with E-state index < -0.39 is 0 Å². The highest BCUT2D eigenvalue weighted by atomic mass is 16.6. The molecular weight excluding hydrogens is 230 g/mol. The average Bonchev–Trinajstić information content (AvgIpc) is 2.42. The first-order chi connectivity index (χ1) is 8.79. The maximum absolute atomic E-state index is 11.8. The van der Waals surface area contributed by atoms with Crippen molar-refractivity contribution in [3.8, 4) is 0 Å². The summed E-state index contributed by atoms with van der Waals surface area (Å²) in [6, 6.07) is 7.83. The number of hydrogen-bond acceptors (Lipinski definition) is 3. The number of rotatable bonds is 4. The van der Waals surface area contributed by atoms with Crippen LogP contribution in [0.2, 0.25) is 0 Å². The van der Waals surface area contributed by atoms with Crippen LogP contribution in [-0.2, 0) is 20.7 Å². The lowest BCUT2D eigenvalue weighted by Gasteiger charge is -2.15. The molecule has 1 aliphatic rings. The maximum Gasteiger partial charge on any atom is 0.294 e. The van der Waals surface area contributed by atoms with Gasteiger partial charge < -0.3 is 14.8 Å². The SMILES string of the molecule is CCCc1ccc(NC(=O)C2=COCCO2)cc1. The van der Waals surface area contributed by atoms with Crippen molar-refractivity contribution in [2.24, 2.45) is 0 Å². The fourth-order valence-corrected chi connectivity index (χ4v) is 1.72. The van der Waals surface area contributed by atoms with Crippen LogP contribution in [0.1, 0.15) is 18.9 Å². The van der Waals surface area contributed by atoms with Crippen LogP contribution in [0, 0.1) is 0 Å². The minimum atomic E-state index is -0.280. The number of amides is 1. The standard InChI is InChI=1S/C14H17NO3/c1-2-3-11-4-6-12(7-5-11)15-14(16)13-10-17-8-9-18-13/h4-7,10H,2-3,8-9H2,1H3,(H,15,16). The molecule has 1 aromatic carbocycles. The Morgan fingerprint density at radius 3 is 2.67 bits per heavy atom. The van der Waals surface area contributed by atoms with Gasteiger partial charge >= 0.3 is 0 Å². The van der Waals surface area contributed by atoms with Gasteiger partial charge in [0.2, 0.25) is 5.76 Å². The summed E-state index contributed by atoms with van der Waals surface area (Å²) in [6.07, 6.45) is 3.52. The van der Waals surface area contributed by atoms with Crippen molar-refractivity contribution >= 4 is 11.6 Å². The zero-order valence-electron chi connectivity index (χ0n) is 10.4. The molecule has 1 aliphatic heterocycles. The van der Waals surface area contributed by atoms with Gasteiger partial charge in [-0.15, -0.1) is 0 Å². The predicted molar refractivity (Wildman–Crippen MR) is 69.1 cm³/mol. The quantitative estimate of drug-likeness (QED) is 0.889. The van der Waals surface area contributed by atoms with Crippen LogP contribution in [0.15, 0.2) is 36.3 Å². The number of ether oxygens (including phenoxy) is 2. The summed E-state index contributed by atoms with van der Waals surface area (Å²) in [5.41, 5.74) is 2.03. The lowest BCUT2D eigenvalue weighted by atomic mass is 10.1. The van der Waals surface area contributed by atoms with Crippen LogP contribution < -0.4 is 5.32 Å². The Labute approximate surface area is 107 Å². The molecule has 1 amide bonds. The van der Waals surface area contributed by atoms with E-state index in [2.05, 4.69) is 12.2 Å². The minimum Gasteiger partial charge on any atom is -0.494 e. The Bertz CT molecular complexity index is 437. The predicted octanol–water partition coefficient (Wildman–Crippen LogP) is 2.47. The Kier molecular flexibility index (Phi) is 4.23. The molecule has 0 saturated heterocycles. The summed E-state index contributed by atoms with van der Waals surface area (Å²) in [7, 11) is 0.